The second-order valence-corrected chi connectivity index (χ2v) is 6.96. The van der Waals surface area contributed by atoms with Gasteiger partial charge in [-0.15, -0.1) is 5.10 Å². The van der Waals surface area contributed by atoms with Crippen molar-refractivity contribution in [2.24, 2.45) is 0 Å². The average molecular weight is 425 g/mol. The lowest BCUT2D eigenvalue weighted by Crippen LogP contribution is -2.41. The summed E-state index contributed by atoms with van der Waals surface area (Å²) in [4.78, 5) is 26.3. The van der Waals surface area contributed by atoms with E-state index in [0.29, 0.717) is 32.5 Å². The van der Waals surface area contributed by atoms with Gasteiger partial charge in [-0.3, -0.25) is 9.59 Å². The first-order valence-corrected chi connectivity index (χ1v) is 9.45. The number of likely N-dealkylation sites (tertiary alicyclic amines) is 1. The molecule has 0 radical (unpaired) electrons. The average Bonchev–Trinajstić information content (AvgIpc) is 3.23. The van der Waals surface area contributed by atoms with E-state index in [2.05, 4.69) is 15.6 Å². The van der Waals surface area contributed by atoms with Crippen LogP contribution in [0.2, 0.25) is 0 Å². The number of alkyl halides is 3. The number of carbonyl (C=O) groups excluding carboxylic acids is 2. The first-order valence-electron chi connectivity index (χ1n) is 9.45. The number of hydrogen-bond acceptors (Lipinski definition) is 5. The Kier molecular flexibility index (Phi) is 6.70. The molecule has 0 spiro atoms. The summed E-state index contributed by atoms with van der Waals surface area (Å²) in [6.07, 6.45) is -1.64. The van der Waals surface area contributed by atoms with Gasteiger partial charge in [-0.05, 0) is 31.0 Å². The molecular weight excluding hydrogens is 403 g/mol. The van der Waals surface area contributed by atoms with Crippen LogP contribution in [0.3, 0.4) is 0 Å². The van der Waals surface area contributed by atoms with Crippen molar-refractivity contribution in [3.63, 3.8) is 0 Å². The highest BCUT2D eigenvalue weighted by molar-refractivity contribution is 5.94. The molecule has 3 rings (SSSR count). The maximum Gasteiger partial charge on any atom is 0.416 e. The first kappa shape index (κ1) is 21.8. The van der Waals surface area contributed by atoms with Crippen LogP contribution in [0, 0.1) is 0 Å². The number of halogens is 3. The summed E-state index contributed by atoms with van der Waals surface area (Å²) < 4.78 is 45.2. The van der Waals surface area contributed by atoms with Gasteiger partial charge in [0.25, 0.3) is 11.8 Å². The lowest BCUT2D eigenvalue weighted by molar-refractivity contribution is -0.137. The number of nitrogens with zero attached hydrogens (tertiary/aromatic N) is 4. The van der Waals surface area contributed by atoms with E-state index in [-0.39, 0.29) is 29.8 Å². The molecule has 0 bridgehead atoms. The van der Waals surface area contributed by atoms with Crippen LogP contribution in [-0.2, 0) is 10.9 Å². The van der Waals surface area contributed by atoms with Gasteiger partial charge in [0.05, 0.1) is 24.4 Å². The number of nitrogens with one attached hydrogen (secondary N) is 1. The van der Waals surface area contributed by atoms with Crippen LogP contribution in [0.5, 0.6) is 0 Å². The maximum atomic E-state index is 12.9. The fraction of sp³-hybridized carbons (Fsp3) is 0.474. The molecule has 11 heteroatoms. The van der Waals surface area contributed by atoms with E-state index < -0.39 is 17.6 Å². The molecule has 1 fully saturated rings. The standard InChI is InChI=1S/C19H22F3N5O3/c1-30-9-7-23-17(28)16-12-27(25-24-16)15-6-3-8-26(11-15)18(29)13-4-2-5-14(10-13)19(20,21)22/h2,4-5,10,12,15H,3,6-9,11H2,1H3,(H,23,28)/t15-/m0/s1. The number of carbonyl (C=O) groups is 2. The highest BCUT2D eigenvalue weighted by Crippen LogP contribution is 2.30. The van der Waals surface area contributed by atoms with Gasteiger partial charge in [-0.2, -0.15) is 13.2 Å². The Bertz CT molecular complexity index is 900. The van der Waals surface area contributed by atoms with Crippen LogP contribution in [0.1, 0.15) is 45.3 Å². The third-order valence-corrected chi connectivity index (χ3v) is 4.83. The van der Waals surface area contributed by atoms with Crippen molar-refractivity contribution in [1.82, 2.24) is 25.2 Å². The molecule has 30 heavy (non-hydrogen) atoms. The summed E-state index contributed by atoms with van der Waals surface area (Å²) >= 11 is 0. The van der Waals surface area contributed by atoms with Gasteiger partial charge in [0.2, 0.25) is 0 Å². The highest BCUT2D eigenvalue weighted by Gasteiger charge is 2.32. The quantitative estimate of drug-likeness (QED) is 0.717. The molecular formula is C19H22F3N5O3. The Labute approximate surface area is 171 Å². The number of hydrogen-bond donors (Lipinski definition) is 1. The normalized spacial score (nSPS) is 17.1. The van der Waals surface area contributed by atoms with Crippen molar-refractivity contribution in [2.45, 2.75) is 25.1 Å². The Balaban J connectivity index is 1.67. The zero-order valence-corrected chi connectivity index (χ0v) is 16.4. The van der Waals surface area contributed by atoms with Crippen molar-refractivity contribution < 1.29 is 27.5 Å². The van der Waals surface area contributed by atoms with Gasteiger partial charge in [0.15, 0.2) is 5.69 Å². The Morgan fingerprint density at radius 1 is 1.33 bits per heavy atom. The summed E-state index contributed by atoms with van der Waals surface area (Å²) in [6, 6.07) is 4.18. The van der Waals surface area contributed by atoms with Gasteiger partial charge >= 0.3 is 6.18 Å². The van der Waals surface area contributed by atoms with Crippen LogP contribution < -0.4 is 5.32 Å². The Morgan fingerprint density at radius 2 is 2.13 bits per heavy atom. The van der Waals surface area contributed by atoms with Crippen LogP contribution in [0.25, 0.3) is 0 Å². The fourth-order valence-corrected chi connectivity index (χ4v) is 3.28. The van der Waals surface area contributed by atoms with Gasteiger partial charge in [-0.1, -0.05) is 11.3 Å². The molecule has 0 unspecified atom stereocenters. The molecule has 8 nitrogen and oxygen atoms in total. The molecule has 162 valence electrons. The zero-order chi connectivity index (χ0) is 21.7. The van der Waals surface area contributed by atoms with Crippen molar-refractivity contribution in [3.8, 4) is 0 Å². The van der Waals surface area contributed by atoms with Gasteiger partial charge in [0, 0.05) is 32.3 Å². The minimum Gasteiger partial charge on any atom is -0.383 e. The van der Waals surface area contributed by atoms with Gasteiger partial charge in [-0.25, -0.2) is 4.68 Å². The lowest BCUT2D eigenvalue weighted by Gasteiger charge is -2.32. The van der Waals surface area contributed by atoms with E-state index in [1.54, 1.807) is 0 Å². The molecule has 1 N–H and O–H groups in total. The summed E-state index contributed by atoms with van der Waals surface area (Å²) in [5.41, 5.74) is -0.725. The van der Waals surface area contributed by atoms with Gasteiger partial charge in [0.1, 0.15) is 0 Å². The van der Waals surface area contributed by atoms with E-state index in [1.165, 1.54) is 35.0 Å². The van der Waals surface area contributed by atoms with E-state index >= 15 is 0 Å². The largest absolute Gasteiger partial charge is 0.416 e. The van der Waals surface area contributed by atoms with Crippen molar-refractivity contribution >= 4 is 11.8 Å². The predicted molar refractivity (Wildman–Crippen MR) is 99.8 cm³/mol. The van der Waals surface area contributed by atoms with Crippen LogP contribution in [0.4, 0.5) is 13.2 Å². The molecule has 2 aromatic rings. The maximum absolute atomic E-state index is 12.9. The van der Waals surface area contributed by atoms with E-state index in [0.717, 1.165) is 12.1 Å². The predicted octanol–water partition coefficient (Wildman–Crippen LogP) is 2.15. The highest BCUT2D eigenvalue weighted by atomic mass is 19.4. The number of aromatic nitrogens is 3. The fourth-order valence-electron chi connectivity index (χ4n) is 3.28. The smallest absolute Gasteiger partial charge is 0.383 e. The molecule has 1 aliphatic rings. The van der Waals surface area contributed by atoms with Crippen LogP contribution in [0.15, 0.2) is 30.5 Å². The number of methoxy groups -OCH3 is 1. The molecule has 1 aromatic carbocycles. The molecule has 0 saturated carbocycles. The topological polar surface area (TPSA) is 89.4 Å². The lowest BCUT2D eigenvalue weighted by atomic mass is 10.0. The van der Waals surface area contributed by atoms with Gasteiger partial charge < -0.3 is 15.0 Å². The minimum atomic E-state index is -4.51. The van der Waals surface area contributed by atoms with E-state index in [9.17, 15) is 22.8 Å². The monoisotopic (exact) mass is 425 g/mol. The van der Waals surface area contributed by atoms with Crippen LogP contribution in [-0.4, -0.2) is 65.1 Å². The van der Waals surface area contributed by atoms with Crippen molar-refractivity contribution in [3.05, 3.63) is 47.3 Å². The summed E-state index contributed by atoms with van der Waals surface area (Å²) in [5.74, 6) is -0.852. The minimum absolute atomic E-state index is 0.0118. The third-order valence-electron chi connectivity index (χ3n) is 4.83. The third kappa shape index (κ3) is 5.15. The van der Waals surface area contributed by atoms with E-state index in [4.69, 9.17) is 4.74 Å². The number of amides is 2. The van der Waals surface area contributed by atoms with Crippen LogP contribution >= 0.6 is 0 Å². The molecule has 1 aromatic heterocycles. The molecule has 1 aliphatic heterocycles. The molecule has 0 aliphatic carbocycles. The molecule has 1 atom stereocenters. The second-order valence-electron chi connectivity index (χ2n) is 6.96. The SMILES string of the molecule is COCCNC(=O)c1cn([C@H]2CCCN(C(=O)c3cccc(C(F)(F)F)c3)C2)nn1. The first-order chi connectivity index (χ1) is 14.3. The molecule has 2 amide bonds. The molecule has 2 heterocycles. The number of benzene rings is 1. The van der Waals surface area contributed by atoms with Crippen molar-refractivity contribution in [2.75, 3.05) is 33.4 Å². The molecule has 1 saturated heterocycles. The number of piperidine rings is 1. The van der Waals surface area contributed by atoms with E-state index in [1.807, 2.05) is 0 Å². The Morgan fingerprint density at radius 3 is 2.87 bits per heavy atom. The summed E-state index contributed by atoms with van der Waals surface area (Å²) in [5, 5.41) is 10.5. The number of ether oxygens (including phenoxy) is 1. The van der Waals surface area contributed by atoms with Crippen molar-refractivity contribution in [1.29, 1.82) is 0 Å². The zero-order valence-electron chi connectivity index (χ0n) is 16.4. The number of rotatable bonds is 6. The second kappa shape index (κ2) is 9.24. The Hall–Kier alpha value is -2.95. The summed E-state index contributed by atoms with van der Waals surface area (Å²) in [7, 11) is 1.53. The summed E-state index contributed by atoms with van der Waals surface area (Å²) in [6.45, 7) is 1.41.